The number of ether oxygens (including phenoxy) is 1. The minimum atomic E-state index is -0.0293. The molecule has 0 bridgehead atoms. The molecule has 1 atom stereocenters. The molecule has 1 aliphatic heterocycles. The Hall–Kier alpha value is -2.49. The van der Waals surface area contributed by atoms with Crippen LogP contribution in [0.25, 0.3) is 0 Å². The van der Waals surface area contributed by atoms with Crippen molar-refractivity contribution in [2.24, 2.45) is 0 Å². The lowest BCUT2D eigenvalue weighted by Crippen LogP contribution is -2.34. The van der Waals surface area contributed by atoms with E-state index in [-0.39, 0.29) is 12.1 Å². The Morgan fingerprint density at radius 2 is 1.79 bits per heavy atom. The first kappa shape index (κ1) is 16.4. The SMILES string of the molecule is COc1ccc(C2CCCN2C(=O)Nc2cc(C)cc(C)c2)cc1. The molecule has 0 saturated carbocycles. The van der Waals surface area contributed by atoms with Crippen LogP contribution in [0.5, 0.6) is 5.75 Å². The number of carbonyl (C=O) groups is 1. The second kappa shape index (κ2) is 6.95. The van der Waals surface area contributed by atoms with E-state index in [1.165, 1.54) is 0 Å². The van der Waals surface area contributed by atoms with Crippen molar-refractivity contribution < 1.29 is 9.53 Å². The summed E-state index contributed by atoms with van der Waals surface area (Å²) in [6, 6.07) is 14.2. The number of carbonyl (C=O) groups excluding carboxylic acids is 1. The third-order valence-electron chi connectivity index (χ3n) is 4.49. The fourth-order valence-electron chi connectivity index (χ4n) is 3.42. The molecule has 0 aliphatic carbocycles. The average molecular weight is 324 g/mol. The minimum absolute atomic E-state index is 0.0293. The molecule has 1 fully saturated rings. The van der Waals surface area contributed by atoms with Gasteiger partial charge in [-0.1, -0.05) is 18.2 Å². The van der Waals surface area contributed by atoms with E-state index in [4.69, 9.17) is 4.74 Å². The Labute approximate surface area is 143 Å². The maximum atomic E-state index is 12.7. The third-order valence-corrected chi connectivity index (χ3v) is 4.49. The highest BCUT2D eigenvalue weighted by molar-refractivity contribution is 5.90. The normalized spacial score (nSPS) is 17.0. The van der Waals surface area contributed by atoms with E-state index in [9.17, 15) is 4.79 Å². The molecule has 2 aromatic rings. The number of nitrogens with one attached hydrogen (secondary N) is 1. The second-order valence-corrected chi connectivity index (χ2v) is 6.43. The van der Waals surface area contributed by atoms with Gasteiger partial charge in [-0.25, -0.2) is 4.79 Å². The fraction of sp³-hybridized carbons (Fsp3) is 0.350. The summed E-state index contributed by atoms with van der Waals surface area (Å²) < 4.78 is 5.21. The quantitative estimate of drug-likeness (QED) is 0.890. The number of rotatable bonds is 3. The first-order chi connectivity index (χ1) is 11.6. The molecule has 2 aromatic carbocycles. The van der Waals surface area contributed by atoms with E-state index in [0.29, 0.717) is 0 Å². The summed E-state index contributed by atoms with van der Waals surface area (Å²) in [5, 5.41) is 3.05. The number of hydrogen-bond acceptors (Lipinski definition) is 2. The molecule has 3 rings (SSSR count). The molecule has 1 aliphatic rings. The highest BCUT2D eigenvalue weighted by Gasteiger charge is 2.30. The lowest BCUT2D eigenvalue weighted by molar-refractivity contribution is 0.207. The van der Waals surface area contributed by atoms with Crippen LogP contribution in [0, 0.1) is 13.8 Å². The zero-order valence-corrected chi connectivity index (χ0v) is 14.5. The predicted octanol–water partition coefficient (Wildman–Crippen LogP) is 4.68. The molecule has 24 heavy (non-hydrogen) atoms. The molecule has 0 spiro atoms. The molecule has 0 radical (unpaired) electrons. The van der Waals surface area contributed by atoms with Gasteiger partial charge in [-0.2, -0.15) is 0 Å². The number of hydrogen-bond donors (Lipinski definition) is 1. The van der Waals surface area contributed by atoms with Crippen molar-refractivity contribution in [1.82, 2.24) is 4.90 Å². The van der Waals surface area contributed by atoms with Crippen LogP contribution in [-0.4, -0.2) is 24.6 Å². The van der Waals surface area contributed by atoms with Gasteiger partial charge in [0.15, 0.2) is 0 Å². The number of benzene rings is 2. The largest absolute Gasteiger partial charge is 0.497 e. The van der Waals surface area contributed by atoms with Crippen molar-refractivity contribution in [3.05, 3.63) is 59.2 Å². The van der Waals surface area contributed by atoms with E-state index in [1.807, 2.05) is 55.1 Å². The van der Waals surface area contributed by atoms with Crippen LogP contribution in [0.1, 0.15) is 35.6 Å². The van der Waals surface area contributed by atoms with E-state index < -0.39 is 0 Å². The van der Waals surface area contributed by atoms with Crippen LogP contribution < -0.4 is 10.1 Å². The molecular weight excluding hydrogens is 300 g/mol. The number of nitrogens with zero attached hydrogens (tertiary/aromatic N) is 1. The molecule has 1 N–H and O–H groups in total. The summed E-state index contributed by atoms with van der Waals surface area (Å²) in [6.45, 7) is 4.87. The zero-order chi connectivity index (χ0) is 17.1. The van der Waals surface area contributed by atoms with Gasteiger partial charge in [-0.05, 0) is 67.6 Å². The van der Waals surface area contributed by atoms with Crippen LogP contribution in [-0.2, 0) is 0 Å². The van der Waals surface area contributed by atoms with Gasteiger partial charge in [-0.3, -0.25) is 0 Å². The van der Waals surface area contributed by atoms with E-state index in [2.05, 4.69) is 11.4 Å². The van der Waals surface area contributed by atoms with E-state index >= 15 is 0 Å². The Morgan fingerprint density at radius 1 is 1.12 bits per heavy atom. The molecule has 4 heteroatoms. The summed E-state index contributed by atoms with van der Waals surface area (Å²) in [7, 11) is 1.66. The summed E-state index contributed by atoms with van der Waals surface area (Å²) in [5.74, 6) is 0.836. The topological polar surface area (TPSA) is 41.6 Å². The van der Waals surface area contributed by atoms with Gasteiger partial charge in [0.05, 0.1) is 13.2 Å². The maximum Gasteiger partial charge on any atom is 0.322 e. The molecule has 1 heterocycles. The van der Waals surface area contributed by atoms with Gasteiger partial charge in [0.2, 0.25) is 0 Å². The van der Waals surface area contributed by atoms with Crippen molar-refractivity contribution in [3.8, 4) is 5.75 Å². The predicted molar refractivity (Wildman–Crippen MR) is 96.6 cm³/mol. The molecule has 1 unspecified atom stereocenters. The van der Waals surface area contributed by atoms with Crippen LogP contribution in [0.2, 0.25) is 0 Å². The standard InChI is InChI=1S/C20H24N2O2/c1-14-11-15(2)13-17(12-14)21-20(23)22-10-4-5-19(22)16-6-8-18(24-3)9-7-16/h6-9,11-13,19H,4-5,10H2,1-3H3,(H,21,23). The minimum Gasteiger partial charge on any atom is -0.497 e. The zero-order valence-electron chi connectivity index (χ0n) is 14.5. The Morgan fingerprint density at radius 3 is 2.42 bits per heavy atom. The number of methoxy groups -OCH3 is 1. The van der Waals surface area contributed by atoms with Gasteiger partial charge in [0.1, 0.15) is 5.75 Å². The average Bonchev–Trinajstić information content (AvgIpc) is 3.03. The van der Waals surface area contributed by atoms with Gasteiger partial charge >= 0.3 is 6.03 Å². The number of anilines is 1. The van der Waals surface area contributed by atoms with Crippen LogP contribution in [0.3, 0.4) is 0 Å². The van der Waals surface area contributed by atoms with Gasteiger partial charge in [-0.15, -0.1) is 0 Å². The number of likely N-dealkylation sites (tertiary alicyclic amines) is 1. The molecule has 4 nitrogen and oxygen atoms in total. The van der Waals surface area contributed by atoms with Crippen LogP contribution >= 0.6 is 0 Å². The van der Waals surface area contributed by atoms with Gasteiger partial charge in [0, 0.05) is 12.2 Å². The molecule has 2 amide bonds. The Bertz CT molecular complexity index is 705. The number of aryl methyl sites for hydroxylation is 2. The van der Waals surface area contributed by atoms with Crippen molar-refractivity contribution in [2.75, 3.05) is 19.0 Å². The third kappa shape index (κ3) is 3.53. The smallest absolute Gasteiger partial charge is 0.322 e. The summed E-state index contributed by atoms with van der Waals surface area (Å²) in [4.78, 5) is 14.7. The van der Waals surface area contributed by atoms with Crippen molar-refractivity contribution in [1.29, 1.82) is 0 Å². The fourth-order valence-corrected chi connectivity index (χ4v) is 3.42. The summed E-state index contributed by atoms with van der Waals surface area (Å²) in [5.41, 5.74) is 4.32. The first-order valence-electron chi connectivity index (χ1n) is 8.36. The van der Waals surface area contributed by atoms with Crippen LogP contribution in [0.15, 0.2) is 42.5 Å². The van der Waals surface area contributed by atoms with Crippen molar-refractivity contribution in [2.45, 2.75) is 32.7 Å². The Kier molecular flexibility index (Phi) is 4.74. The summed E-state index contributed by atoms with van der Waals surface area (Å²) in [6.07, 6.45) is 2.02. The van der Waals surface area contributed by atoms with Crippen molar-refractivity contribution in [3.63, 3.8) is 0 Å². The van der Waals surface area contributed by atoms with Crippen molar-refractivity contribution >= 4 is 11.7 Å². The van der Waals surface area contributed by atoms with Gasteiger partial charge < -0.3 is 15.0 Å². The second-order valence-electron chi connectivity index (χ2n) is 6.43. The van der Waals surface area contributed by atoms with Gasteiger partial charge in [0.25, 0.3) is 0 Å². The summed E-state index contributed by atoms with van der Waals surface area (Å²) >= 11 is 0. The van der Waals surface area contributed by atoms with Crippen LogP contribution in [0.4, 0.5) is 10.5 Å². The van der Waals surface area contributed by atoms with E-state index in [0.717, 1.165) is 47.5 Å². The highest BCUT2D eigenvalue weighted by atomic mass is 16.5. The lowest BCUT2D eigenvalue weighted by Gasteiger charge is -2.25. The maximum absolute atomic E-state index is 12.7. The first-order valence-corrected chi connectivity index (χ1v) is 8.36. The molecule has 1 saturated heterocycles. The monoisotopic (exact) mass is 324 g/mol. The number of amides is 2. The van der Waals surface area contributed by atoms with E-state index in [1.54, 1.807) is 7.11 Å². The molecule has 126 valence electrons. The highest BCUT2D eigenvalue weighted by Crippen LogP contribution is 2.33. The lowest BCUT2D eigenvalue weighted by atomic mass is 10.0. The molecular formula is C20H24N2O2. The molecule has 0 aromatic heterocycles. The number of urea groups is 1. The Balaban J connectivity index is 1.75.